The fourth-order valence-electron chi connectivity index (χ4n) is 2.27. The first-order valence-electron chi connectivity index (χ1n) is 6.09. The number of rotatable bonds is 5. The summed E-state index contributed by atoms with van der Waals surface area (Å²) in [6, 6.07) is 2.00. The van der Waals surface area contributed by atoms with Crippen LogP contribution in [-0.4, -0.2) is 26.4 Å². The van der Waals surface area contributed by atoms with Crippen molar-refractivity contribution in [3.05, 3.63) is 17.5 Å². The molecule has 17 heavy (non-hydrogen) atoms. The number of hydrogen-bond donors (Lipinski definition) is 2. The first-order chi connectivity index (χ1) is 8.07. The summed E-state index contributed by atoms with van der Waals surface area (Å²) in [7, 11) is 0. The minimum atomic E-state index is -0.733. The van der Waals surface area contributed by atoms with Crippen molar-refractivity contribution in [1.29, 1.82) is 0 Å². The molecule has 5 heteroatoms. The van der Waals surface area contributed by atoms with Crippen LogP contribution in [0.5, 0.6) is 0 Å². The summed E-state index contributed by atoms with van der Waals surface area (Å²) in [5.74, 6) is -0.733. The maximum Gasteiger partial charge on any atom is 0.323 e. The molecular formula is C12H19N3O2. The molecular weight excluding hydrogens is 218 g/mol. The van der Waals surface area contributed by atoms with Gasteiger partial charge >= 0.3 is 5.97 Å². The molecule has 0 spiro atoms. The Morgan fingerprint density at radius 2 is 2.35 bits per heavy atom. The summed E-state index contributed by atoms with van der Waals surface area (Å²) >= 11 is 0. The van der Waals surface area contributed by atoms with E-state index in [-0.39, 0.29) is 0 Å². The molecule has 2 N–H and O–H groups in total. The van der Waals surface area contributed by atoms with E-state index >= 15 is 0 Å². The van der Waals surface area contributed by atoms with Crippen molar-refractivity contribution in [3.63, 3.8) is 0 Å². The Morgan fingerprint density at radius 1 is 1.65 bits per heavy atom. The van der Waals surface area contributed by atoms with E-state index in [2.05, 4.69) is 10.4 Å². The largest absolute Gasteiger partial charge is 0.480 e. The normalized spacial score (nSPS) is 17.8. The maximum absolute atomic E-state index is 11.2. The molecule has 0 amide bonds. The van der Waals surface area contributed by atoms with Gasteiger partial charge < -0.3 is 5.11 Å². The molecule has 94 valence electrons. The molecule has 0 unspecified atom stereocenters. The highest BCUT2D eigenvalue weighted by Crippen LogP contribution is 2.32. The second-order valence-electron chi connectivity index (χ2n) is 4.69. The summed E-state index contributed by atoms with van der Waals surface area (Å²) in [5, 5.41) is 16.7. The van der Waals surface area contributed by atoms with Gasteiger partial charge in [0.25, 0.3) is 0 Å². The lowest BCUT2D eigenvalue weighted by Gasteiger charge is -2.38. The van der Waals surface area contributed by atoms with E-state index in [0.29, 0.717) is 6.54 Å². The molecule has 1 heterocycles. The van der Waals surface area contributed by atoms with Crippen molar-refractivity contribution >= 4 is 5.97 Å². The molecule has 0 aromatic carbocycles. The average Bonchev–Trinajstić information content (AvgIpc) is 2.57. The fraction of sp³-hybridized carbons (Fsp3) is 0.667. The van der Waals surface area contributed by atoms with Crippen molar-refractivity contribution in [1.82, 2.24) is 15.1 Å². The van der Waals surface area contributed by atoms with Crippen LogP contribution in [0, 0.1) is 6.92 Å². The number of carbonyl (C=O) groups is 1. The van der Waals surface area contributed by atoms with Crippen molar-refractivity contribution in [2.45, 2.75) is 51.7 Å². The number of aromatic nitrogens is 2. The molecule has 5 nitrogen and oxygen atoms in total. The summed E-state index contributed by atoms with van der Waals surface area (Å²) in [6.45, 7) is 5.37. The molecule has 1 saturated carbocycles. The maximum atomic E-state index is 11.2. The van der Waals surface area contributed by atoms with Gasteiger partial charge in [0.2, 0.25) is 0 Å². The van der Waals surface area contributed by atoms with E-state index in [1.165, 1.54) is 0 Å². The van der Waals surface area contributed by atoms with Crippen LogP contribution < -0.4 is 5.32 Å². The first-order valence-corrected chi connectivity index (χ1v) is 6.09. The van der Waals surface area contributed by atoms with E-state index in [9.17, 15) is 9.90 Å². The number of carboxylic acids is 1. The van der Waals surface area contributed by atoms with Gasteiger partial charge in [0.1, 0.15) is 5.54 Å². The molecule has 0 bridgehead atoms. The lowest BCUT2D eigenvalue weighted by atomic mass is 9.77. The Labute approximate surface area is 101 Å². The van der Waals surface area contributed by atoms with Crippen LogP contribution >= 0.6 is 0 Å². The zero-order valence-electron chi connectivity index (χ0n) is 10.4. The van der Waals surface area contributed by atoms with E-state index in [0.717, 1.165) is 37.2 Å². The van der Waals surface area contributed by atoms with Crippen molar-refractivity contribution in [3.8, 4) is 0 Å². The lowest BCUT2D eigenvalue weighted by Crippen LogP contribution is -2.56. The van der Waals surface area contributed by atoms with E-state index in [4.69, 9.17) is 0 Å². The van der Waals surface area contributed by atoms with Gasteiger partial charge in [-0.2, -0.15) is 5.10 Å². The van der Waals surface area contributed by atoms with Gasteiger partial charge in [-0.05, 0) is 39.2 Å². The van der Waals surface area contributed by atoms with Gasteiger partial charge in [0.05, 0.1) is 11.4 Å². The van der Waals surface area contributed by atoms with Gasteiger partial charge in [-0.3, -0.25) is 14.8 Å². The highest BCUT2D eigenvalue weighted by atomic mass is 16.4. The van der Waals surface area contributed by atoms with Crippen LogP contribution in [0.2, 0.25) is 0 Å². The first kappa shape index (κ1) is 12.1. The van der Waals surface area contributed by atoms with Crippen LogP contribution in [0.15, 0.2) is 6.07 Å². The monoisotopic (exact) mass is 237 g/mol. The second kappa shape index (κ2) is 4.49. The summed E-state index contributed by atoms with van der Waals surface area (Å²) < 4.78 is 1.91. The van der Waals surface area contributed by atoms with E-state index in [1.807, 2.05) is 24.6 Å². The molecule has 2 rings (SSSR count). The standard InChI is InChI=1S/C12H19N3O2/c1-3-15-10(7-9(2)14-15)8-13-12(11(16)17)5-4-6-12/h7,13H,3-6,8H2,1-2H3,(H,16,17). The molecule has 0 radical (unpaired) electrons. The van der Waals surface area contributed by atoms with Crippen LogP contribution in [0.25, 0.3) is 0 Å². The van der Waals surface area contributed by atoms with Crippen molar-refractivity contribution < 1.29 is 9.90 Å². The smallest absolute Gasteiger partial charge is 0.323 e. The molecule has 0 aliphatic heterocycles. The minimum absolute atomic E-state index is 0.570. The molecule has 1 aromatic heterocycles. The van der Waals surface area contributed by atoms with Crippen LogP contribution in [0.1, 0.15) is 37.6 Å². The zero-order valence-corrected chi connectivity index (χ0v) is 10.4. The third-order valence-corrected chi connectivity index (χ3v) is 3.51. The molecule has 0 saturated heterocycles. The molecule has 1 aliphatic carbocycles. The Balaban J connectivity index is 2.04. The molecule has 1 fully saturated rings. The average molecular weight is 237 g/mol. The quantitative estimate of drug-likeness (QED) is 0.810. The third-order valence-electron chi connectivity index (χ3n) is 3.51. The van der Waals surface area contributed by atoms with Gasteiger partial charge in [-0.25, -0.2) is 0 Å². The van der Waals surface area contributed by atoms with Gasteiger partial charge in [-0.1, -0.05) is 0 Å². The Hall–Kier alpha value is -1.36. The van der Waals surface area contributed by atoms with Gasteiger partial charge in [0.15, 0.2) is 0 Å². The highest BCUT2D eigenvalue weighted by molar-refractivity contribution is 5.79. The van der Waals surface area contributed by atoms with Gasteiger partial charge in [0, 0.05) is 13.1 Å². The minimum Gasteiger partial charge on any atom is -0.480 e. The van der Waals surface area contributed by atoms with Crippen molar-refractivity contribution in [2.75, 3.05) is 0 Å². The van der Waals surface area contributed by atoms with Crippen LogP contribution in [0.3, 0.4) is 0 Å². The Kier molecular flexibility index (Phi) is 3.19. The third kappa shape index (κ3) is 2.20. The molecule has 0 atom stereocenters. The molecule has 1 aromatic rings. The number of aliphatic carboxylic acids is 1. The van der Waals surface area contributed by atoms with Crippen LogP contribution in [-0.2, 0) is 17.9 Å². The number of nitrogens with zero attached hydrogens (tertiary/aromatic N) is 2. The van der Waals surface area contributed by atoms with E-state index < -0.39 is 11.5 Å². The van der Waals surface area contributed by atoms with Gasteiger partial charge in [-0.15, -0.1) is 0 Å². The Morgan fingerprint density at radius 3 is 2.82 bits per heavy atom. The SMILES string of the molecule is CCn1nc(C)cc1CNC1(C(=O)O)CCC1. The topological polar surface area (TPSA) is 67.2 Å². The summed E-state index contributed by atoms with van der Waals surface area (Å²) in [5.41, 5.74) is 1.33. The van der Waals surface area contributed by atoms with E-state index in [1.54, 1.807) is 0 Å². The molecule has 1 aliphatic rings. The number of aryl methyl sites for hydroxylation is 2. The highest BCUT2D eigenvalue weighted by Gasteiger charge is 2.43. The predicted molar refractivity (Wildman–Crippen MR) is 63.7 cm³/mol. The number of carboxylic acid groups (broad SMARTS) is 1. The van der Waals surface area contributed by atoms with Crippen LogP contribution in [0.4, 0.5) is 0 Å². The Bertz CT molecular complexity index is 421. The zero-order chi connectivity index (χ0) is 12.5. The fourth-order valence-corrected chi connectivity index (χ4v) is 2.27. The summed E-state index contributed by atoms with van der Waals surface area (Å²) in [4.78, 5) is 11.2. The number of nitrogens with one attached hydrogen (secondary N) is 1. The lowest BCUT2D eigenvalue weighted by molar-refractivity contribution is -0.148. The summed E-state index contributed by atoms with van der Waals surface area (Å²) in [6.07, 6.45) is 2.44. The predicted octanol–water partition coefficient (Wildman–Crippen LogP) is 1.31. The number of hydrogen-bond acceptors (Lipinski definition) is 3. The van der Waals surface area contributed by atoms with Crippen molar-refractivity contribution in [2.24, 2.45) is 0 Å². The second-order valence-corrected chi connectivity index (χ2v) is 4.69.